The summed E-state index contributed by atoms with van der Waals surface area (Å²) >= 11 is 0. The normalized spacial score (nSPS) is 26.8. The third kappa shape index (κ3) is 1.09. The average Bonchev–Trinajstić information content (AvgIpc) is 2.12. The van der Waals surface area contributed by atoms with E-state index in [1.807, 2.05) is 6.07 Å². The molecule has 1 aliphatic heterocycles. The summed E-state index contributed by atoms with van der Waals surface area (Å²) in [7, 11) is 0. The van der Waals surface area contributed by atoms with Crippen molar-refractivity contribution >= 4 is 8.41 Å². The molecule has 2 nitrogen and oxygen atoms in total. The summed E-state index contributed by atoms with van der Waals surface area (Å²) in [6, 6.07) is 2.22. The molecule has 3 heteroatoms. The average molecular weight is 78.9 g/mol. The largest absolute Gasteiger partial charge is 0.298 e. The highest BCUT2D eigenvalue weighted by atomic mass is 15.1. The van der Waals surface area contributed by atoms with Crippen LogP contribution in [0.1, 0.15) is 0 Å². The van der Waals surface area contributed by atoms with Gasteiger partial charge in [0.25, 0.3) is 0 Å². The lowest BCUT2D eigenvalue weighted by Gasteiger charge is -1.51. The predicted molar refractivity (Wildman–Crippen MR) is 23.2 cm³/mol. The maximum Gasteiger partial charge on any atom is 0.108 e. The van der Waals surface area contributed by atoms with E-state index in [1.165, 1.54) is 0 Å². The summed E-state index contributed by atoms with van der Waals surface area (Å²) in [6.07, 6.45) is 0. The van der Waals surface area contributed by atoms with Gasteiger partial charge in [-0.3, -0.25) is 5.32 Å². The molecule has 0 spiro atoms. The van der Waals surface area contributed by atoms with E-state index < -0.39 is 0 Å². The summed E-state index contributed by atoms with van der Waals surface area (Å²) < 4.78 is 0. The summed E-state index contributed by atoms with van der Waals surface area (Å²) in [4.78, 5) is 0. The first-order valence-electron chi connectivity index (χ1n) is 1.56. The Morgan fingerprint density at radius 1 is 1.83 bits per heavy atom. The van der Waals surface area contributed by atoms with Crippen molar-refractivity contribution in [2.24, 2.45) is 0 Å². The van der Waals surface area contributed by atoms with Crippen LogP contribution in [0.15, 0.2) is 0 Å². The minimum atomic E-state index is 0. The van der Waals surface area contributed by atoms with Gasteiger partial charge in [0.05, 0.1) is 6.07 Å². The molecule has 0 saturated carbocycles. The van der Waals surface area contributed by atoms with Gasteiger partial charge in [-0.25, -0.2) is 0 Å². The van der Waals surface area contributed by atoms with Crippen molar-refractivity contribution in [1.82, 2.24) is 5.32 Å². The Morgan fingerprint density at radius 3 is 2.33 bits per heavy atom. The second-order valence-corrected chi connectivity index (χ2v) is 1.09. The van der Waals surface area contributed by atoms with Crippen molar-refractivity contribution in [3.8, 4) is 6.07 Å². The molecule has 0 aromatic rings. The Balaban J connectivity index is 0.000000250. The van der Waals surface area contributed by atoms with Crippen molar-refractivity contribution < 1.29 is 0 Å². The lowest BCUT2D eigenvalue weighted by molar-refractivity contribution is 1.21. The van der Waals surface area contributed by atoms with Crippen LogP contribution >= 0.6 is 0 Å². The highest BCUT2D eigenvalue weighted by Gasteiger charge is 2.17. The van der Waals surface area contributed by atoms with Crippen LogP contribution in [0.5, 0.6) is 0 Å². The van der Waals surface area contributed by atoms with Crippen molar-refractivity contribution in [1.29, 1.82) is 5.26 Å². The number of nitrogens with one attached hydrogen (secondary N) is 1. The van der Waals surface area contributed by atoms with Gasteiger partial charge < -0.3 is 0 Å². The molecular weight excluding hydrogens is 74.9 g/mol. The standard InChI is InChI=1S/C3H4N2.B/c4-1-3-2-5-3;/h3,5H,2H2;. The molecular formula is C3H4BN2. The molecule has 1 unspecified atom stereocenters. The molecule has 6 heavy (non-hydrogen) atoms. The van der Waals surface area contributed by atoms with E-state index >= 15 is 0 Å². The summed E-state index contributed by atoms with van der Waals surface area (Å²) in [5, 5.41) is 10.7. The highest BCUT2D eigenvalue weighted by molar-refractivity contribution is 5.75. The van der Waals surface area contributed by atoms with E-state index in [-0.39, 0.29) is 14.5 Å². The zero-order valence-electron chi connectivity index (χ0n) is 3.31. The van der Waals surface area contributed by atoms with Crippen LogP contribution in [-0.2, 0) is 0 Å². The number of rotatable bonds is 0. The summed E-state index contributed by atoms with van der Waals surface area (Å²) in [5.41, 5.74) is 0. The van der Waals surface area contributed by atoms with Gasteiger partial charge in [-0.2, -0.15) is 5.26 Å². The maximum absolute atomic E-state index is 7.89. The molecule has 0 aromatic heterocycles. The fraction of sp³-hybridized carbons (Fsp3) is 0.667. The van der Waals surface area contributed by atoms with Gasteiger partial charge >= 0.3 is 0 Å². The van der Waals surface area contributed by atoms with Gasteiger partial charge in [0, 0.05) is 15.0 Å². The molecule has 1 aliphatic rings. The molecule has 0 aliphatic carbocycles. The Hall–Kier alpha value is -0.485. The minimum Gasteiger partial charge on any atom is -0.298 e. The lowest BCUT2D eigenvalue weighted by Crippen LogP contribution is -1.78. The molecule has 1 fully saturated rings. The molecule has 0 bridgehead atoms. The van der Waals surface area contributed by atoms with Gasteiger partial charge in [0.15, 0.2) is 0 Å². The molecule has 0 amide bonds. The third-order valence-electron chi connectivity index (χ3n) is 0.564. The Bertz CT molecular complexity index is 71.4. The molecule has 0 aromatic carbocycles. The van der Waals surface area contributed by atoms with E-state index in [9.17, 15) is 0 Å². The topological polar surface area (TPSA) is 45.7 Å². The molecule has 1 saturated heterocycles. The SMILES string of the molecule is N#CC1CN1.[B]. The van der Waals surface area contributed by atoms with Crippen molar-refractivity contribution in [2.45, 2.75) is 6.04 Å². The van der Waals surface area contributed by atoms with Crippen molar-refractivity contribution in [3.05, 3.63) is 0 Å². The summed E-state index contributed by atoms with van der Waals surface area (Å²) in [6.45, 7) is 0.899. The fourth-order valence-corrected chi connectivity index (χ4v) is 0.150. The fourth-order valence-electron chi connectivity index (χ4n) is 0.150. The first kappa shape index (κ1) is 5.51. The quantitative estimate of drug-likeness (QED) is 0.302. The zero-order chi connectivity index (χ0) is 3.70. The van der Waals surface area contributed by atoms with Gasteiger partial charge in [0.1, 0.15) is 6.04 Å². The number of hydrogen-bond acceptors (Lipinski definition) is 2. The first-order chi connectivity index (χ1) is 2.43. The van der Waals surface area contributed by atoms with E-state index in [2.05, 4.69) is 5.32 Å². The molecule has 3 radical (unpaired) electrons. The Kier molecular flexibility index (Phi) is 1.69. The maximum atomic E-state index is 7.89. The number of nitrogens with zero attached hydrogens (tertiary/aromatic N) is 1. The van der Waals surface area contributed by atoms with Crippen LogP contribution in [0.2, 0.25) is 0 Å². The van der Waals surface area contributed by atoms with Gasteiger partial charge in [-0.15, -0.1) is 0 Å². The van der Waals surface area contributed by atoms with Crippen LogP contribution in [0.4, 0.5) is 0 Å². The van der Waals surface area contributed by atoms with Crippen LogP contribution < -0.4 is 5.32 Å². The Morgan fingerprint density at radius 2 is 2.33 bits per heavy atom. The van der Waals surface area contributed by atoms with Crippen LogP contribution in [0, 0.1) is 11.3 Å². The van der Waals surface area contributed by atoms with Crippen LogP contribution in [0.3, 0.4) is 0 Å². The molecule has 1 heterocycles. The van der Waals surface area contributed by atoms with Crippen molar-refractivity contribution in [3.63, 3.8) is 0 Å². The van der Waals surface area contributed by atoms with Crippen LogP contribution in [0.25, 0.3) is 0 Å². The van der Waals surface area contributed by atoms with E-state index in [4.69, 9.17) is 5.26 Å². The Labute approximate surface area is 38.7 Å². The predicted octanol–water partition coefficient (Wildman–Crippen LogP) is -0.899. The molecule has 1 rings (SSSR count). The highest BCUT2D eigenvalue weighted by Crippen LogP contribution is 1.89. The molecule has 1 N–H and O–H groups in total. The van der Waals surface area contributed by atoms with E-state index in [0.29, 0.717) is 0 Å². The lowest BCUT2D eigenvalue weighted by atomic mass is 10.6. The zero-order valence-corrected chi connectivity index (χ0v) is 3.31. The van der Waals surface area contributed by atoms with Crippen LogP contribution in [-0.4, -0.2) is 21.0 Å². The smallest absolute Gasteiger partial charge is 0.108 e. The molecule has 1 atom stereocenters. The number of nitriles is 1. The van der Waals surface area contributed by atoms with Gasteiger partial charge in [-0.05, 0) is 0 Å². The second kappa shape index (κ2) is 1.83. The monoisotopic (exact) mass is 79.0 g/mol. The van der Waals surface area contributed by atoms with E-state index in [1.54, 1.807) is 0 Å². The minimum absolute atomic E-state index is 0. The number of hydrogen-bond donors (Lipinski definition) is 1. The van der Waals surface area contributed by atoms with Gasteiger partial charge in [-0.1, -0.05) is 0 Å². The summed E-state index contributed by atoms with van der Waals surface area (Å²) in [5.74, 6) is 0. The first-order valence-corrected chi connectivity index (χ1v) is 1.56. The van der Waals surface area contributed by atoms with E-state index in [0.717, 1.165) is 6.54 Å². The molecule has 29 valence electrons. The van der Waals surface area contributed by atoms with Crippen molar-refractivity contribution in [2.75, 3.05) is 6.54 Å². The van der Waals surface area contributed by atoms with Gasteiger partial charge in [0.2, 0.25) is 0 Å². The second-order valence-electron chi connectivity index (χ2n) is 1.09. The third-order valence-corrected chi connectivity index (χ3v) is 0.564.